The zero-order valence-corrected chi connectivity index (χ0v) is 51.6. The van der Waals surface area contributed by atoms with Crippen LogP contribution in [-0.2, 0) is 18.9 Å². The molecule has 0 aromatic heterocycles. The van der Waals surface area contributed by atoms with Crippen LogP contribution in [-0.4, -0.2) is 96.1 Å². The fourth-order valence-corrected chi connectivity index (χ4v) is 30.6. The zero-order valence-electron chi connectivity index (χ0n) is 51.6. The highest BCUT2D eigenvalue weighted by Crippen LogP contribution is 2.64. The largest absolute Gasteiger partial charge is 0.371 e. The maximum Gasteiger partial charge on any atom is 0.0694 e. The van der Waals surface area contributed by atoms with Crippen molar-refractivity contribution in [3.05, 3.63) is 0 Å². The third kappa shape index (κ3) is 8.63. The lowest BCUT2D eigenvalue weighted by Gasteiger charge is -2.58. The average molecular weight is 1150 g/mol. The van der Waals surface area contributed by atoms with E-state index in [0.29, 0.717) is 71.8 Å². The number of ether oxygens (including phenoxy) is 4. The molecule has 0 spiro atoms. The lowest BCUT2D eigenvalue weighted by Crippen LogP contribution is -2.62. The second-order valence-electron chi connectivity index (χ2n) is 36.9. The van der Waals surface area contributed by atoms with Crippen LogP contribution in [0, 0.1) is 118 Å². The molecule has 84 heavy (non-hydrogen) atoms. The molecular weight excluding hydrogens is 1040 g/mol. The number of fused-ring (bicyclic) bond motifs is 20. The summed E-state index contributed by atoms with van der Waals surface area (Å²) in [7, 11) is 0. The van der Waals surface area contributed by atoms with Crippen molar-refractivity contribution in [1.29, 1.82) is 0 Å². The van der Waals surface area contributed by atoms with Gasteiger partial charge in [0.2, 0.25) is 0 Å². The van der Waals surface area contributed by atoms with E-state index in [2.05, 4.69) is 42.5 Å². The lowest BCUT2D eigenvalue weighted by atomic mass is 9.54. The van der Waals surface area contributed by atoms with Gasteiger partial charge < -0.3 is 18.9 Å². The van der Waals surface area contributed by atoms with Crippen molar-refractivity contribution in [2.24, 2.45) is 118 Å². The molecule has 12 unspecified atom stereocenters. The van der Waals surface area contributed by atoms with Crippen LogP contribution in [0.1, 0.15) is 231 Å². The van der Waals surface area contributed by atoms with Crippen molar-refractivity contribution in [1.82, 2.24) is 42.5 Å². The van der Waals surface area contributed by atoms with Crippen LogP contribution in [0.4, 0.5) is 0 Å². The predicted molar refractivity (Wildman–Crippen MR) is 322 cm³/mol. The smallest absolute Gasteiger partial charge is 0.0694 e. The van der Waals surface area contributed by atoms with Crippen molar-refractivity contribution in [2.75, 3.05) is 0 Å². The van der Waals surface area contributed by atoms with Crippen LogP contribution in [0.15, 0.2) is 0 Å². The van der Waals surface area contributed by atoms with Gasteiger partial charge in [0.05, 0.1) is 96.1 Å². The minimum Gasteiger partial charge on any atom is -0.371 e. The molecule has 25 rings (SSSR count). The highest BCUT2D eigenvalue weighted by atomic mass is 16.5. The average Bonchev–Trinajstić information content (AvgIpc) is 2.51. The van der Waals surface area contributed by atoms with Crippen molar-refractivity contribution in [3.63, 3.8) is 0 Å². The highest BCUT2D eigenvalue weighted by Gasteiger charge is 2.64. The van der Waals surface area contributed by atoms with Crippen LogP contribution in [0.3, 0.4) is 0 Å². The van der Waals surface area contributed by atoms with E-state index in [1.54, 1.807) is 0 Å². The molecule has 25 fully saturated rings. The number of hydrogen-bond donors (Lipinski definition) is 8. The van der Waals surface area contributed by atoms with Gasteiger partial charge in [0.25, 0.3) is 0 Å². The Kier molecular flexibility index (Phi) is 12.3. The summed E-state index contributed by atoms with van der Waals surface area (Å²) in [5.74, 6) is 14.5. The van der Waals surface area contributed by atoms with Gasteiger partial charge in [-0.3, -0.25) is 42.5 Å². The van der Waals surface area contributed by atoms with E-state index in [9.17, 15) is 0 Å². The molecule has 0 amide bonds. The first-order valence-corrected chi connectivity index (χ1v) is 37.9. The summed E-state index contributed by atoms with van der Waals surface area (Å²) in [5.41, 5.74) is 0.425. The molecule has 12 atom stereocenters. The molecular formula is C72H112N8O4. The molecule has 8 N–H and O–H groups in total. The molecule has 20 saturated carbocycles. The SMILES string of the molecule is C1CC(OC23CC4CC(CC(C4)C2)C3)C2C3NC(NC4NC(NC5NC(NC6NC(N3)C3CCCC(OC78CC9CC(CC(C9)C7)C8)C63)C3CCCC(OC67CC8CC(CC(C8)C6)C7)C53)C3CCCC(OC56CC7CC(CC(C7)C5)C6)C43)C2C1. The van der Waals surface area contributed by atoms with Crippen LogP contribution in [0.5, 0.6) is 0 Å². The van der Waals surface area contributed by atoms with Gasteiger partial charge in [0, 0.05) is 23.7 Å². The Labute approximate surface area is 504 Å². The van der Waals surface area contributed by atoms with E-state index in [1.165, 1.54) is 231 Å². The Bertz CT molecular complexity index is 2050. The molecule has 20 aliphatic carbocycles. The first-order chi connectivity index (χ1) is 41.1. The van der Waals surface area contributed by atoms with Gasteiger partial charge in [-0.2, -0.15) is 0 Å². The lowest BCUT2D eigenvalue weighted by molar-refractivity contribution is -0.211. The van der Waals surface area contributed by atoms with E-state index in [0.717, 1.165) is 71.0 Å². The summed E-state index contributed by atoms with van der Waals surface area (Å²) >= 11 is 0. The third-order valence-corrected chi connectivity index (χ3v) is 31.5. The molecule has 12 heteroatoms. The molecule has 5 aliphatic heterocycles. The van der Waals surface area contributed by atoms with Gasteiger partial charge in [0.15, 0.2) is 0 Å². The van der Waals surface area contributed by atoms with Crippen LogP contribution in [0.2, 0.25) is 0 Å². The van der Waals surface area contributed by atoms with Gasteiger partial charge in [-0.15, -0.1) is 0 Å². The maximum absolute atomic E-state index is 8.06. The fourth-order valence-electron chi connectivity index (χ4n) is 30.6. The Morgan fingerprint density at radius 2 is 0.369 bits per heavy atom. The number of hydrogen-bond acceptors (Lipinski definition) is 12. The van der Waals surface area contributed by atoms with Crippen molar-refractivity contribution in [2.45, 2.75) is 327 Å². The van der Waals surface area contributed by atoms with Gasteiger partial charge >= 0.3 is 0 Å². The quantitative estimate of drug-likeness (QED) is 0.118. The second kappa shape index (κ2) is 19.5. The standard InChI is InChI=1S/C72H112N8O4/c1-5-49-57(53(9-1)81-69-25-37-13-38(26-69)15-39(14-37)27-69)65-73-61(49)77-66-58-50(6-2-10-54(58)82-70-28-40-16-41(29-70)18-42(17-40)30-70)63(74-66)79-68-60-52(8-4-12-56(60)84-72-34-46-22-47(35-72)24-48(23-46)36-72)64(76-68)80-67-59-51(62(75-67)78-65)7-3-11-55(59)83-71-31-43-19-44(32-71)21-45(20-43)33-71/h37-68,73-80H,1-36H2. The molecule has 5 saturated heterocycles. The molecule has 25 aliphatic rings. The topological polar surface area (TPSA) is 133 Å². The van der Waals surface area contributed by atoms with Crippen molar-refractivity contribution in [3.8, 4) is 0 Å². The highest BCUT2D eigenvalue weighted by molar-refractivity contribution is 5.16. The summed E-state index contributed by atoms with van der Waals surface area (Å²) in [6, 6.07) is 0. The van der Waals surface area contributed by atoms with Gasteiger partial charge in [-0.25, -0.2) is 0 Å². The number of rotatable bonds is 8. The summed E-state index contributed by atoms with van der Waals surface area (Å²) in [5, 5.41) is 37.0. The van der Waals surface area contributed by atoms with Gasteiger partial charge in [0.1, 0.15) is 0 Å². The first kappa shape index (κ1) is 53.1. The molecule has 12 nitrogen and oxygen atoms in total. The summed E-state index contributed by atoms with van der Waals surface area (Å²) < 4.78 is 32.2. The van der Waals surface area contributed by atoms with E-state index < -0.39 is 0 Å². The molecule has 464 valence electrons. The Morgan fingerprint density at radius 3 is 0.536 bits per heavy atom. The zero-order chi connectivity index (χ0) is 54.4. The predicted octanol–water partition coefficient (Wildman–Crippen LogP) is 10.5. The van der Waals surface area contributed by atoms with Crippen LogP contribution >= 0.6 is 0 Å². The Morgan fingerprint density at radius 1 is 0.202 bits per heavy atom. The summed E-state index contributed by atoms with van der Waals surface area (Å²) in [4.78, 5) is 0. The minimum absolute atomic E-state index is 0.106. The number of nitrogens with one attached hydrogen (secondary N) is 8. The van der Waals surface area contributed by atoms with Gasteiger partial charge in [-0.05, 0) is 300 Å². The minimum atomic E-state index is 0.106. The van der Waals surface area contributed by atoms with E-state index in [4.69, 9.17) is 18.9 Å². The van der Waals surface area contributed by atoms with Crippen LogP contribution < -0.4 is 42.5 Å². The molecule has 0 aromatic rings. The molecule has 24 bridgehead atoms. The third-order valence-electron chi connectivity index (χ3n) is 31.5. The maximum atomic E-state index is 8.06. The van der Waals surface area contributed by atoms with Gasteiger partial charge in [-0.1, -0.05) is 25.7 Å². The van der Waals surface area contributed by atoms with E-state index in [1.807, 2.05) is 0 Å². The summed E-state index contributed by atoms with van der Waals surface area (Å²) in [6.45, 7) is 0. The Balaban J connectivity index is 0.651. The van der Waals surface area contributed by atoms with E-state index in [-0.39, 0.29) is 71.7 Å². The van der Waals surface area contributed by atoms with Crippen molar-refractivity contribution >= 4 is 0 Å². The van der Waals surface area contributed by atoms with E-state index >= 15 is 0 Å². The molecule has 0 radical (unpaired) electrons. The molecule has 5 heterocycles. The fraction of sp³-hybridized carbons (Fsp3) is 1.00. The first-order valence-electron chi connectivity index (χ1n) is 37.9. The molecule has 0 aromatic carbocycles. The second-order valence-corrected chi connectivity index (χ2v) is 36.9. The normalized spacial score (nSPS) is 63.4. The monoisotopic (exact) mass is 1150 g/mol. The summed E-state index contributed by atoms with van der Waals surface area (Å²) in [6.07, 6.45) is 51.5. The van der Waals surface area contributed by atoms with Crippen LogP contribution in [0.25, 0.3) is 0 Å². The Hall–Kier alpha value is -0.480. The van der Waals surface area contributed by atoms with Crippen molar-refractivity contribution < 1.29 is 18.9 Å².